The van der Waals surface area contributed by atoms with Crippen LogP contribution in [0.5, 0.6) is 5.75 Å². The highest BCUT2D eigenvalue weighted by atomic mass is 32.1. The summed E-state index contributed by atoms with van der Waals surface area (Å²) in [6.07, 6.45) is 5.08. The summed E-state index contributed by atoms with van der Waals surface area (Å²) in [5, 5.41) is 10.1. The summed E-state index contributed by atoms with van der Waals surface area (Å²) >= 11 is 1.17. The largest absolute Gasteiger partial charge is 0.494 e. The van der Waals surface area contributed by atoms with Crippen LogP contribution in [0.3, 0.4) is 0 Å². The molecule has 3 heterocycles. The van der Waals surface area contributed by atoms with Crippen molar-refractivity contribution in [3.8, 4) is 22.9 Å². The second-order valence-corrected chi connectivity index (χ2v) is 7.51. The van der Waals surface area contributed by atoms with Gasteiger partial charge in [-0.25, -0.2) is 0 Å². The van der Waals surface area contributed by atoms with Crippen LogP contribution >= 0.6 is 11.5 Å². The summed E-state index contributed by atoms with van der Waals surface area (Å²) in [6.45, 7) is 0. The molecule has 1 aromatic carbocycles. The Balaban J connectivity index is 1.99. The molecule has 1 fully saturated rings. The summed E-state index contributed by atoms with van der Waals surface area (Å²) in [7, 11) is 1.55. The van der Waals surface area contributed by atoms with Crippen molar-refractivity contribution in [3.05, 3.63) is 56.7 Å². The van der Waals surface area contributed by atoms with E-state index in [1.807, 2.05) is 4.57 Å². The molecule has 0 saturated heterocycles. The molecule has 0 spiro atoms. The van der Waals surface area contributed by atoms with E-state index in [1.165, 1.54) is 17.7 Å². The monoisotopic (exact) mass is 390 g/mol. The molecule has 28 heavy (non-hydrogen) atoms. The van der Waals surface area contributed by atoms with Crippen LogP contribution in [0, 0.1) is 11.3 Å². The van der Waals surface area contributed by atoms with Crippen LogP contribution in [0.2, 0.25) is 0 Å². The summed E-state index contributed by atoms with van der Waals surface area (Å²) in [5.74, 6) is 0.520. The molecule has 3 aromatic heterocycles. The van der Waals surface area contributed by atoms with E-state index in [1.54, 1.807) is 31.5 Å². The number of H-pyrrole nitrogens is 1. The average molecular weight is 390 g/mol. The Morgan fingerprint density at radius 3 is 2.82 bits per heavy atom. The third-order valence-electron chi connectivity index (χ3n) is 5.09. The predicted molar refractivity (Wildman–Crippen MR) is 107 cm³/mol. The number of fused-ring (bicyclic) bond motifs is 2. The third kappa shape index (κ3) is 2.23. The van der Waals surface area contributed by atoms with Crippen LogP contribution in [-0.2, 0) is 0 Å². The minimum absolute atomic E-state index is 0.195. The van der Waals surface area contributed by atoms with Gasteiger partial charge < -0.3 is 9.30 Å². The van der Waals surface area contributed by atoms with Gasteiger partial charge in [0.2, 0.25) is 5.43 Å². The lowest BCUT2D eigenvalue weighted by Gasteiger charge is -2.18. The second kappa shape index (κ2) is 6.04. The van der Waals surface area contributed by atoms with Crippen molar-refractivity contribution >= 4 is 32.7 Å². The molecule has 0 unspecified atom stereocenters. The maximum atomic E-state index is 13.1. The van der Waals surface area contributed by atoms with Gasteiger partial charge in [-0.1, -0.05) is 0 Å². The highest BCUT2D eigenvalue weighted by Crippen LogP contribution is 2.44. The Labute approximate surface area is 162 Å². The Hall–Kier alpha value is -3.44. The molecule has 8 heteroatoms. The zero-order chi connectivity index (χ0) is 19.4. The highest BCUT2D eigenvalue weighted by molar-refractivity contribution is 7.12. The number of aromatic amines is 1. The number of nitrogens with zero attached hydrogens (tertiary/aromatic N) is 3. The lowest BCUT2D eigenvalue weighted by atomic mass is 9.98. The number of hydrogen-bond acceptors (Lipinski definition) is 6. The van der Waals surface area contributed by atoms with Crippen LogP contribution in [0.15, 0.2) is 40.2 Å². The second-order valence-electron chi connectivity index (χ2n) is 6.72. The van der Waals surface area contributed by atoms with Crippen molar-refractivity contribution in [2.45, 2.75) is 18.9 Å². The van der Waals surface area contributed by atoms with Crippen molar-refractivity contribution in [2.75, 3.05) is 7.11 Å². The zero-order valence-electron chi connectivity index (χ0n) is 14.9. The van der Waals surface area contributed by atoms with Crippen LogP contribution in [0.1, 0.15) is 24.4 Å². The first-order chi connectivity index (χ1) is 13.7. The molecular weight excluding hydrogens is 376 g/mol. The van der Waals surface area contributed by atoms with Gasteiger partial charge in [-0.05, 0) is 42.6 Å². The molecule has 1 saturated carbocycles. The van der Waals surface area contributed by atoms with Crippen molar-refractivity contribution in [1.82, 2.24) is 13.9 Å². The quantitative estimate of drug-likeness (QED) is 0.579. The number of nitrogens with one attached hydrogen (secondary N) is 1. The molecule has 0 radical (unpaired) electrons. The van der Waals surface area contributed by atoms with Gasteiger partial charge in [-0.2, -0.15) is 5.26 Å². The van der Waals surface area contributed by atoms with Crippen molar-refractivity contribution in [3.63, 3.8) is 0 Å². The lowest BCUT2D eigenvalue weighted by molar-refractivity contribution is 0.419. The summed E-state index contributed by atoms with van der Waals surface area (Å²) in [4.78, 5) is 29.9. The lowest BCUT2D eigenvalue weighted by Crippen LogP contribution is -2.15. The fourth-order valence-electron chi connectivity index (χ4n) is 3.71. The number of aromatic nitrogens is 3. The van der Waals surface area contributed by atoms with Crippen LogP contribution in [0.4, 0.5) is 0 Å². The molecular formula is C20H14N4O3S. The number of rotatable bonds is 3. The van der Waals surface area contributed by atoms with E-state index >= 15 is 0 Å². The highest BCUT2D eigenvalue weighted by Gasteiger charge is 2.31. The van der Waals surface area contributed by atoms with Gasteiger partial charge in [0.15, 0.2) is 5.75 Å². The normalized spacial score (nSPS) is 13.7. The molecule has 1 aliphatic carbocycles. The first kappa shape index (κ1) is 16.7. The van der Waals surface area contributed by atoms with Gasteiger partial charge in [0.05, 0.1) is 23.6 Å². The fourth-order valence-corrected chi connectivity index (χ4v) is 4.63. The summed E-state index contributed by atoms with van der Waals surface area (Å²) in [5.41, 5.74) is 1.83. The predicted octanol–water partition coefficient (Wildman–Crippen LogP) is 3.18. The van der Waals surface area contributed by atoms with Crippen LogP contribution in [0.25, 0.3) is 32.2 Å². The minimum atomic E-state index is -0.356. The smallest absolute Gasteiger partial charge is 0.271 e. The van der Waals surface area contributed by atoms with Crippen molar-refractivity contribution < 1.29 is 4.74 Å². The molecule has 4 aromatic rings. The molecule has 0 aliphatic heterocycles. The number of hydrogen-bond donors (Lipinski definition) is 1. The Morgan fingerprint density at radius 1 is 1.29 bits per heavy atom. The van der Waals surface area contributed by atoms with E-state index in [4.69, 9.17) is 4.74 Å². The topological polar surface area (TPSA) is 101 Å². The average Bonchev–Trinajstić information content (AvgIpc) is 3.49. The number of ether oxygens (including phenoxy) is 1. The van der Waals surface area contributed by atoms with Crippen LogP contribution < -0.4 is 15.7 Å². The van der Waals surface area contributed by atoms with Crippen LogP contribution in [-0.4, -0.2) is 21.0 Å². The van der Waals surface area contributed by atoms with E-state index in [0.29, 0.717) is 38.2 Å². The molecule has 138 valence electrons. The number of methoxy groups -OCH3 is 1. The molecule has 1 N–H and O–H groups in total. The molecule has 1 aliphatic rings. The summed E-state index contributed by atoms with van der Waals surface area (Å²) in [6, 6.07) is 7.61. The maximum Gasteiger partial charge on any atom is 0.271 e. The molecule has 0 bridgehead atoms. The summed E-state index contributed by atoms with van der Waals surface area (Å²) < 4.78 is 10.5. The molecule has 0 atom stereocenters. The molecule has 0 amide bonds. The minimum Gasteiger partial charge on any atom is -0.494 e. The Kier molecular flexibility index (Phi) is 3.60. The van der Waals surface area contributed by atoms with E-state index in [-0.39, 0.29) is 22.4 Å². The van der Waals surface area contributed by atoms with Gasteiger partial charge in [-0.3, -0.25) is 18.9 Å². The molecule has 5 rings (SSSR count). The van der Waals surface area contributed by atoms with Gasteiger partial charge in [0.1, 0.15) is 16.3 Å². The number of pyridine rings is 2. The maximum absolute atomic E-state index is 13.1. The van der Waals surface area contributed by atoms with E-state index in [2.05, 4.69) is 15.4 Å². The standard InChI is InChI=1S/C20H14N4O3S/c1-27-18-13(12-6-7-22-9-10(12)8-21)4-5-14-16(18)24(11-2-3-11)20-15(17(14)25)19(26)23-28-20/h4-7,9,11H,2-3H2,1H3,(H,23,26). The van der Waals surface area contributed by atoms with Gasteiger partial charge in [0.25, 0.3) is 5.56 Å². The first-order valence-electron chi connectivity index (χ1n) is 8.76. The van der Waals surface area contributed by atoms with E-state index < -0.39 is 0 Å². The molecule has 7 nitrogen and oxygen atoms in total. The third-order valence-corrected chi connectivity index (χ3v) is 5.97. The van der Waals surface area contributed by atoms with E-state index in [0.717, 1.165) is 12.8 Å². The number of nitriles is 1. The van der Waals surface area contributed by atoms with Crippen molar-refractivity contribution in [2.24, 2.45) is 0 Å². The fraction of sp³-hybridized carbons (Fsp3) is 0.200. The van der Waals surface area contributed by atoms with Gasteiger partial charge >= 0.3 is 0 Å². The van der Waals surface area contributed by atoms with Gasteiger partial charge in [0, 0.05) is 29.6 Å². The zero-order valence-corrected chi connectivity index (χ0v) is 15.7. The van der Waals surface area contributed by atoms with Gasteiger partial charge in [-0.15, -0.1) is 0 Å². The first-order valence-corrected chi connectivity index (χ1v) is 9.58. The van der Waals surface area contributed by atoms with Crippen molar-refractivity contribution in [1.29, 1.82) is 5.26 Å². The SMILES string of the molecule is COc1c(-c2ccncc2C#N)ccc2c(=O)c3c(=O)[nH]sc3n(C3CC3)c12. The Morgan fingerprint density at radius 2 is 2.11 bits per heavy atom. The Bertz CT molecular complexity index is 1420. The van der Waals surface area contributed by atoms with E-state index in [9.17, 15) is 14.9 Å². The number of benzene rings is 1.